The van der Waals surface area contributed by atoms with Crippen molar-refractivity contribution in [2.45, 2.75) is 38.6 Å². The van der Waals surface area contributed by atoms with E-state index in [2.05, 4.69) is 10.6 Å². The molecule has 134 valence electrons. The fourth-order valence-corrected chi connectivity index (χ4v) is 3.21. The van der Waals surface area contributed by atoms with Crippen LogP contribution < -0.4 is 15.5 Å². The van der Waals surface area contributed by atoms with Crippen LogP contribution in [0.4, 0.5) is 16.2 Å². The molecule has 0 bridgehead atoms. The molecule has 7 nitrogen and oxygen atoms in total. The number of nitrogens with one attached hydrogen (secondary N) is 2. The molecule has 1 aromatic rings. The van der Waals surface area contributed by atoms with Crippen LogP contribution in [0.15, 0.2) is 24.3 Å². The van der Waals surface area contributed by atoms with E-state index >= 15 is 0 Å². The zero-order chi connectivity index (χ0) is 17.8. The maximum absolute atomic E-state index is 12.3. The van der Waals surface area contributed by atoms with E-state index in [0.29, 0.717) is 24.5 Å². The van der Waals surface area contributed by atoms with Crippen LogP contribution in [-0.2, 0) is 14.3 Å². The van der Waals surface area contributed by atoms with Crippen molar-refractivity contribution >= 4 is 29.3 Å². The first-order valence-electron chi connectivity index (χ1n) is 8.70. The lowest BCUT2D eigenvalue weighted by atomic mass is 10.1. The maximum Gasteiger partial charge on any atom is 0.414 e. The van der Waals surface area contributed by atoms with Gasteiger partial charge in [-0.2, -0.15) is 0 Å². The van der Waals surface area contributed by atoms with Crippen molar-refractivity contribution < 1.29 is 19.1 Å². The quantitative estimate of drug-likeness (QED) is 0.857. The predicted octanol–water partition coefficient (Wildman–Crippen LogP) is 2.28. The first kappa shape index (κ1) is 17.3. The van der Waals surface area contributed by atoms with Gasteiger partial charge < -0.3 is 15.4 Å². The first-order valence-corrected chi connectivity index (χ1v) is 8.70. The van der Waals surface area contributed by atoms with E-state index in [1.54, 1.807) is 31.2 Å². The number of cyclic esters (lactones) is 1. The molecular formula is C18H23N3O4. The summed E-state index contributed by atoms with van der Waals surface area (Å²) in [5.41, 5.74) is 1.24. The molecule has 25 heavy (non-hydrogen) atoms. The minimum atomic E-state index is -0.617. The maximum atomic E-state index is 12.3. The number of rotatable bonds is 5. The zero-order valence-electron chi connectivity index (χ0n) is 14.3. The molecule has 3 rings (SSSR count). The molecule has 1 aliphatic carbocycles. The van der Waals surface area contributed by atoms with Gasteiger partial charge in [-0.3, -0.25) is 14.5 Å². The second-order valence-electron chi connectivity index (χ2n) is 6.52. The van der Waals surface area contributed by atoms with Gasteiger partial charge in [0, 0.05) is 17.3 Å². The normalized spacial score (nSPS) is 18.8. The smallest absolute Gasteiger partial charge is 0.414 e. The van der Waals surface area contributed by atoms with E-state index in [1.807, 2.05) is 0 Å². The zero-order valence-corrected chi connectivity index (χ0v) is 14.3. The Morgan fingerprint density at radius 1 is 1.28 bits per heavy atom. The van der Waals surface area contributed by atoms with Crippen molar-refractivity contribution in [3.05, 3.63) is 24.3 Å². The summed E-state index contributed by atoms with van der Waals surface area (Å²) in [6, 6.07) is 6.39. The summed E-state index contributed by atoms with van der Waals surface area (Å²) in [5.74, 6) is -0.305. The van der Waals surface area contributed by atoms with Crippen LogP contribution in [0.2, 0.25) is 0 Å². The molecule has 1 unspecified atom stereocenters. The molecule has 2 fully saturated rings. The van der Waals surface area contributed by atoms with Crippen molar-refractivity contribution in [2.75, 3.05) is 23.4 Å². The van der Waals surface area contributed by atoms with Gasteiger partial charge in [-0.1, -0.05) is 18.9 Å². The average molecular weight is 345 g/mol. The minimum Gasteiger partial charge on any atom is -0.447 e. The Bertz CT molecular complexity index is 670. The molecule has 3 amide bonds. The Hall–Kier alpha value is -2.57. The number of carbonyl (C=O) groups excluding carboxylic acids is 3. The van der Waals surface area contributed by atoms with Gasteiger partial charge >= 0.3 is 6.09 Å². The molecule has 1 heterocycles. The summed E-state index contributed by atoms with van der Waals surface area (Å²) in [4.78, 5) is 37.6. The molecular weight excluding hydrogens is 322 g/mol. The topological polar surface area (TPSA) is 87.7 Å². The highest BCUT2D eigenvalue weighted by Crippen LogP contribution is 2.25. The van der Waals surface area contributed by atoms with Crippen molar-refractivity contribution in [1.82, 2.24) is 5.32 Å². The van der Waals surface area contributed by atoms with Crippen LogP contribution in [0.3, 0.4) is 0 Å². The standard InChI is InChI=1S/C18H23N3O4/c1-12(19-17(23)13-5-2-3-6-13)16(22)20-14-7-4-8-15(11-14)21-9-10-25-18(21)24/h4,7-8,11-13H,2-3,5-6,9-10H2,1H3,(H,19,23)(H,20,22). The summed E-state index contributed by atoms with van der Waals surface area (Å²) in [6.07, 6.45) is 3.55. The molecule has 0 radical (unpaired) electrons. The molecule has 1 atom stereocenters. The first-order chi connectivity index (χ1) is 12.0. The van der Waals surface area contributed by atoms with Gasteiger partial charge in [0.25, 0.3) is 0 Å². The molecule has 0 aromatic heterocycles. The number of carbonyl (C=O) groups is 3. The van der Waals surface area contributed by atoms with E-state index in [9.17, 15) is 14.4 Å². The van der Waals surface area contributed by atoms with Crippen LogP contribution >= 0.6 is 0 Å². The summed E-state index contributed by atoms with van der Waals surface area (Å²) < 4.78 is 4.92. The molecule has 1 aromatic carbocycles. The van der Waals surface area contributed by atoms with E-state index in [-0.39, 0.29) is 23.8 Å². The van der Waals surface area contributed by atoms with E-state index < -0.39 is 6.04 Å². The van der Waals surface area contributed by atoms with Gasteiger partial charge in [0.15, 0.2) is 0 Å². The SMILES string of the molecule is CC(NC(=O)C1CCCC1)C(=O)Nc1cccc(N2CCOC2=O)c1. The Labute approximate surface area is 146 Å². The Morgan fingerprint density at radius 2 is 2.04 bits per heavy atom. The molecule has 2 aliphatic rings. The second-order valence-corrected chi connectivity index (χ2v) is 6.52. The van der Waals surface area contributed by atoms with Crippen LogP contribution in [-0.4, -0.2) is 37.1 Å². The van der Waals surface area contributed by atoms with Crippen LogP contribution in [0.1, 0.15) is 32.6 Å². The highest BCUT2D eigenvalue weighted by Gasteiger charge is 2.26. The van der Waals surface area contributed by atoms with Crippen LogP contribution in [0.5, 0.6) is 0 Å². The van der Waals surface area contributed by atoms with Gasteiger partial charge in [-0.05, 0) is 38.0 Å². The molecule has 1 aliphatic heterocycles. The van der Waals surface area contributed by atoms with Crippen molar-refractivity contribution in [1.29, 1.82) is 0 Å². The van der Waals surface area contributed by atoms with Crippen molar-refractivity contribution in [3.63, 3.8) is 0 Å². The molecule has 0 spiro atoms. The lowest BCUT2D eigenvalue weighted by molar-refractivity contribution is -0.128. The molecule has 7 heteroatoms. The van der Waals surface area contributed by atoms with Gasteiger partial charge in [0.2, 0.25) is 11.8 Å². The van der Waals surface area contributed by atoms with Gasteiger partial charge in [0.05, 0.1) is 6.54 Å². The van der Waals surface area contributed by atoms with E-state index in [1.165, 1.54) is 4.90 Å². The highest BCUT2D eigenvalue weighted by atomic mass is 16.6. The number of anilines is 2. The predicted molar refractivity (Wildman–Crippen MR) is 93.3 cm³/mol. The average Bonchev–Trinajstić information content (AvgIpc) is 3.26. The summed E-state index contributed by atoms with van der Waals surface area (Å²) in [5, 5.41) is 5.57. The summed E-state index contributed by atoms with van der Waals surface area (Å²) in [7, 11) is 0. The number of hydrogen-bond donors (Lipinski definition) is 2. The number of amides is 3. The number of nitrogens with zero attached hydrogens (tertiary/aromatic N) is 1. The third kappa shape index (κ3) is 4.10. The molecule has 2 N–H and O–H groups in total. The number of benzene rings is 1. The Morgan fingerprint density at radius 3 is 2.72 bits per heavy atom. The third-order valence-electron chi connectivity index (χ3n) is 4.66. The van der Waals surface area contributed by atoms with Gasteiger partial charge in [0.1, 0.15) is 12.6 Å². The van der Waals surface area contributed by atoms with Gasteiger partial charge in [-0.15, -0.1) is 0 Å². The Balaban J connectivity index is 1.58. The summed E-state index contributed by atoms with van der Waals surface area (Å²) in [6.45, 7) is 2.52. The summed E-state index contributed by atoms with van der Waals surface area (Å²) >= 11 is 0. The molecule has 1 saturated carbocycles. The van der Waals surface area contributed by atoms with E-state index in [0.717, 1.165) is 25.7 Å². The lowest BCUT2D eigenvalue weighted by Gasteiger charge is -2.18. The number of hydrogen-bond acceptors (Lipinski definition) is 4. The minimum absolute atomic E-state index is 0.0276. The van der Waals surface area contributed by atoms with Crippen LogP contribution in [0, 0.1) is 5.92 Å². The lowest BCUT2D eigenvalue weighted by Crippen LogP contribution is -2.43. The van der Waals surface area contributed by atoms with Crippen LogP contribution in [0.25, 0.3) is 0 Å². The van der Waals surface area contributed by atoms with E-state index in [4.69, 9.17) is 4.74 Å². The highest BCUT2D eigenvalue weighted by molar-refractivity contribution is 5.98. The van der Waals surface area contributed by atoms with Crippen molar-refractivity contribution in [3.8, 4) is 0 Å². The fourth-order valence-electron chi connectivity index (χ4n) is 3.21. The Kier molecular flexibility index (Phi) is 5.21. The van der Waals surface area contributed by atoms with Crippen molar-refractivity contribution in [2.24, 2.45) is 5.92 Å². The monoisotopic (exact) mass is 345 g/mol. The second kappa shape index (κ2) is 7.55. The molecule has 1 saturated heterocycles. The largest absolute Gasteiger partial charge is 0.447 e. The fraction of sp³-hybridized carbons (Fsp3) is 0.500. The third-order valence-corrected chi connectivity index (χ3v) is 4.66. The number of ether oxygens (including phenoxy) is 1. The van der Waals surface area contributed by atoms with Gasteiger partial charge in [-0.25, -0.2) is 4.79 Å².